The van der Waals surface area contributed by atoms with Crippen LogP contribution in [0.1, 0.15) is 60.6 Å². The molecule has 9 heterocycles. The van der Waals surface area contributed by atoms with Crippen LogP contribution in [0, 0.1) is 0 Å². The maximum absolute atomic E-state index is 3.97. The molecule has 0 saturated carbocycles. The Bertz CT molecular complexity index is 992. The summed E-state index contributed by atoms with van der Waals surface area (Å²) in [5.41, 5.74) is 0. The Morgan fingerprint density at radius 1 is 0.200 bits per heavy atom. The molecule has 0 atom stereocenters. The molecular formula is C45H65CaN9. The van der Waals surface area contributed by atoms with Gasteiger partial charge in [-0.2, -0.15) is 0 Å². The molecule has 0 aromatic heterocycles. The van der Waals surface area contributed by atoms with E-state index in [0.717, 1.165) is 117 Å². The van der Waals surface area contributed by atoms with Crippen LogP contribution in [-0.4, -0.2) is 153 Å². The van der Waals surface area contributed by atoms with Gasteiger partial charge < -0.3 is 2.85 Å². The third-order valence-electron chi connectivity index (χ3n) is 6.77. The quantitative estimate of drug-likeness (QED) is 0.219. The van der Waals surface area contributed by atoms with Crippen molar-refractivity contribution in [2.45, 2.75) is 57.8 Å². The van der Waals surface area contributed by atoms with Crippen molar-refractivity contribution >= 4 is 93.7 Å². The number of rotatable bonds is 0. The van der Waals surface area contributed by atoms with Crippen molar-refractivity contribution in [1.82, 2.24) is 0 Å². The van der Waals surface area contributed by atoms with E-state index in [2.05, 4.69) is 99.6 Å². The van der Waals surface area contributed by atoms with Crippen molar-refractivity contribution < 1.29 is 2.85 Å². The number of hydrogen-bond acceptors (Lipinski definition) is 9. The van der Waals surface area contributed by atoms with Gasteiger partial charge in [-0.1, -0.05) is 54.7 Å². The van der Waals surface area contributed by atoms with Crippen molar-refractivity contribution in [2.75, 3.05) is 58.9 Å². The Morgan fingerprint density at radius 3 is 0.327 bits per heavy atom. The first-order chi connectivity index (χ1) is 27.0. The zero-order valence-electron chi connectivity index (χ0n) is 35.0. The summed E-state index contributed by atoms with van der Waals surface area (Å²) in [5.74, 6) is 0. The van der Waals surface area contributed by atoms with Gasteiger partial charge >= 0.3 is 37.7 Å². The van der Waals surface area contributed by atoms with Crippen LogP contribution in [-0.2, 0) is 0 Å². The first kappa shape index (κ1) is 50.9. The number of allylic oxidation sites excluding steroid dienone is 9. The van der Waals surface area contributed by atoms with E-state index in [1.54, 1.807) is 0 Å². The van der Waals surface area contributed by atoms with E-state index in [0.29, 0.717) is 0 Å². The fourth-order valence-corrected chi connectivity index (χ4v) is 3.97. The Balaban J connectivity index is -0.000000572. The van der Waals surface area contributed by atoms with Crippen molar-refractivity contribution in [3.05, 3.63) is 109 Å². The van der Waals surface area contributed by atoms with E-state index < -0.39 is 0 Å². The Labute approximate surface area is 365 Å². The van der Waals surface area contributed by atoms with Crippen LogP contribution in [0.15, 0.2) is 154 Å². The van der Waals surface area contributed by atoms with Crippen LogP contribution in [0.4, 0.5) is 0 Å². The largest absolute Gasteiger partial charge is 2.00 e. The van der Waals surface area contributed by atoms with Gasteiger partial charge in [-0.15, -0.1) is 0 Å². The van der Waals surface area contributed by atoms with Crippen LogP contribution in [0.3, 0.4) is 0 Å². The van der Waals surface area contributed by atoms with E-state index in [1.807, 2.05) is 111 Å². The van der Waals surface area contributed by atoms with Gasteiger partial charge in [0.25, 0.3) is 0 Å². The summed E-state index contributed by atoms with van der Waals surface area (Å²) >= 11 is 0. The maximum atomic E-state index is 3.97. The fraction of sp³-hybridized carbons (Fsp3) is 0.400. The van der Waals surface area contributed by atoms with Crippen LogP contribution in [0.2, 0.25) is 0 Å². The molecule has 9 rings (SSSR count). The standard InChI is InChI=1S/9C5H7N.Ca.2H/c9*1-2-4-6-5-3-1;;;/h9*1-2,4H,3,5H2;;;/q;;;;;;;;;+2;2*-1. The molecule has 292 valence electrons. The zero-order chi connectivity index (χ0) is 38.2. The van der Waals surface area contributed by atoms with E-state index in [4.69, 9.17) is 0 Å². The molecule has 0 unspecified atom stereocenters. The molecule has 0 radical (unpaired) electrons. The third-order valence-corrected chi connectivity index (χ3v) is 6.77. The van der Waals surface area contributed by atoms with E-state index >= 15 is 0 Å². The normalized spacial score (nSPS) is 18.3. The molecule has 0 N–H and O–H groups in total. The molecule has 9 nitrogen and oxygen atoms in total. The van der Waals surface area contributed by atoms with Crippen molar-refractivity contribution in [3.63, 3.8) is 0 Å². The summed E-state index contributed by atoms with van der Waals surface area (Å²) in [5, 5.41) is 0. The van der Waals surface area contributed by atoms with Crippen LogP contribution in [0.25, 0.3) is 0 Å². The minimum absolute atomic E-state index is 0. The number of nitrogens with zero attached hydrogens (tertiary/aromatic N) is 9. The monoisotopic (exact) mass is 771 g/mol. The second-order valence-electron chi connectivity index (χ2n) is 11.4. The predicted octanol–water partition coefficient (Wildman–Crippen LogP) is 9.00. The average molecular weight is 772 g/mol. The molecule has 55 heavy (non-hydrogen) atoms. The Morgan fingerprint density at radius 2 is 0.309 bits per heavy atom. The average Bonchev–Trinajstić information content (AvgIpc) is 3.33. The summed E-state index contributed by atoms with van der Waals surface area (Å²) in [4.78, 5) is 35.7. The zero-order valence-corrected chi connectivity index (χ0v) is 35.3. The molecule has 0 aromatic carbocycles. The van der Waals surface area contributed by atoms with Gasteiger partial charge in [0.15, 0.2) is 0 Å². The van der Waals surface area contributed by atoms with Crippen molar-refractivity contribution in [1.29, 1.82) is 0 Å². The fourth-order valence-electron chi connectivity index (χ4n) is 3.97. The Kier molecular flexibility index (Phi) is 44.4. The second kappa shape index (κ2) is 48.0. The number of aliphatic imine (C=N–C) groups is 9. The molecule has 9 aliphatic heterocycles. The first-order valence-corrected chi connectivity index (χ1v) is 19.3. The molecular weight excluding hydrogens is 707 g/mol. The van der Waals surface area contributed by atoms with Crippen molar-refractivity contribution in [2.24, 2.45) is 44.9 Å². The Hall–Kier alpha value is -4.05. The molecule has 0 aliphatic carbocycles. The van der Waals surface area contributed by atoms with Gasteiger partial charge in [0.2, 0.25) is 0 Å². The van der Waals surface area contributed by atoms with Crippen LogP contribution in [0.5, 0.6) is 0 Å². The van der Waals surface area contributed by atoms with Gasteiger partial charge in [0.05, 0.1) is 0 Å². The van der Waals surface area contributed by atoms with E-state index in [-0.39, 0.29) is 40.6 Å². The van der Waals surface area contributed by atoms with Gasteiger partial charge in [-0.25, -0.2) is 0 Å². The first-order valence-electron chi connectivity index (χ1n) is 19.3. The van der Waals surface area contributed by atoms with Gasteiger partial charge in [0.1, 0.15) is 0 Å². The topological polar surface area (TPSA) is 111 Å². The molecule has 0 bridgehead atoms. The minimum Gasteiger partial charge on any atom is -1.00 e. The third kappa shape index (κ3) is 46.0. The SMILES string of the molecule is C1=CCCN=C1.C1=CCCN=C1.C1=CCCN=C1.C1=CCCN=C1.C1=CCCN=C1.C1=CCCN=C1.C1=CCCN=C1.C1=CCCN=C1.C1=CCCN=C1.[Ca+2].[H-].[H-]. The van der Waals surface area contributed by atoms with Gasteiger partial charge in [-0.3, -0.25) is 44.9 Å². The summed E-state index contributed by atoms with van der Waals surface area (Å²) in [6, 6.07) is 0. The van der Waals surface area contributed by atoms with E-state index in [9.17, 15) is 0 Å². The number of dihydropyridines is 9. The summed E-state index contributed by atoms with van der Waals surface area (Å²) in [7, 11) is 0. The summed E-state index contributed by atoms with van der Waals surface area (Å²) < 4.78 is 0. The number of hydrogen-bond donors (Lipinski definition) is 0. The van der Waals surface area contributed by atoms with Crippen LogP contribution < -0.4 is 0 Å². The smallest absolute Gasteiger partial charge is 1.00 e. The predicted molar refractivity (Wildman–Crippen MR) is 252 cm³/mol. The van der Waals surface area contributed by atoms with Crippen LogP contribution >= 0.6 is 0 Å². The molecule has 10 heteroatoms. The van der Waals surface area contributed by atoms with Crippen molar-refractivity contribution in [3.8, 4) is 0 Å². The summed E-state index contributed by atoms with van der Waals surface area (Å²) in [6.45, 7) is 8.84. The van der Waals surface area contributed by atoms with E-state index in [1.165, 1.54) is 0 Å². The second-order valence-corrected chi connectivity index (χ2v) is 11.4. The molecule has 0 saturated heterocycles. The van der Waals surface area contributed by atoms with Gasteiger partial charge in [-0.05, 0) is 112 Å². The summed E-state index contributed by atoms with van der Waals surface area (Å²) in [6.07, 6.45) is 63.5. The molecule has 0 amide bonds. The molecule has 0 fully saturated rings. The maximum Gasteiger partial charge on any atom is 2.00 e. The van der Waals surface area contributed by atoms with Gasteiger partial charge in [0, 0.05) is 115 Å². The molecule has 0 spiro atoms. The molecule has 0 aromatic rings. The minimum atomic E-state index is 0. The molecule has 9 aliphatic rings.